The van der Waals surface area contributed by atoms with Gasteiger partial charge in [0.1, 0.15) is 5.82 Å². The van der Waals surface area contributed by atoms with E-state index in [4.69, 9.17) is 0 Å². The highest BCUT2D eigenvalue weighted by Gasteiger charge is 2.20. The zero-order valence-corrected chi connectivity index (χ0v) is 11.1. The molecule has 1 aliphatic rings. The predicted octanol–water partition coefficient (Wildman–Crippen LogP) is 4.72. The molecular formula is C13H16FI. The van der Waals surface area contributed by atoms with Crippen LogP contribution in [0.4, 0.5) is 4.39 Å². The van der Waals surface area contributed by atoms with Crippen molar-refractivity contribution >= 4 is 22.6 Å². The van der Waals surface area contributed by atoms with Crippen LogP contribution in [0.25, 0.3) is 0 Å². The molecule has 0 unspecified atom stereocenters. The molecule has 0 nitrogen and oxygen atoms in total. The molecule has 2 rings (SSSR count). The fraction of sp³-hybridized carbons (Fsp3) is 0.538. The van der Waals surface area contributed by atoms with Gasteiger partial charge >= 0.3 is 0 Å². The Bertz CT molecular complexity index is 340. The van der Waals surface area contributed by atoms with Crippen molar-refractivity contribution in [2.45, 2.75) is 38.5 Å². The second kappa shape index (κ2) is 4.81. The van der Waals surface area contributed by atoms with Gasteiger partial charge in [-0.2, -0.15) is 0 Å². The summed E-state index contributed by atoms with van der Waals surface area (Å²) >= 11 is 2.04. The van der Waals surface area contributed by atoms with E-state index in [0.29, 0.717) is 5.92 Å². The summed E-state index contributed by atoms with van der Waals surface area (Å²) in [5.74, 6) is 1.38. The van der Waals surface area contributed by atoms with E-state index in [9.17, 15) is 4.39 Å². The Morgan fingerprint density at radius 1 is 1.20 bits per heavy atom. The molecule has 1 aromatic carbocycles. The fourth-order valence-electron chi connectivity index (χ4n) is 2.36. The van der Waals surface area contributed by atoms with Crippen molar-refractivity contribution < 1.29 is 4.39 Å². The first-order valence-electron chi connectivity index (χ1n) is 5.62. The molecule has 82 valence electrons. The topological polar surface area (TPSA) is 0 Å². The zero-order valence-electron chi connectivity index (χ0n) is 8.97. The van der Waals surface area contributed by atoms with Crippen molar-refractivity contribution in [1.82, 2.24) is 0 Å². The lowest BCUT2D eigenvalue weighted by atomic mass is 9.79. The number of halogens is 2. The van der Waals surface area contributed by atoms with Crippen LogP contribution in [0.2, 0.25) is 0 Å². The van der Waals surface area contributed by atoms with Gasteiger partial charge in [-0.05, 0) is 65.0 Å². The lowest BCUT2D eigenvalue weighted by Gasteiger charge is -2.26. The van der Waals surface area contributed by atoms with E-state index in [1.165, 1.54) is 31.2 Å². The van der Waals surface area contributed by atoms with E-state index < -0.39 is 0 Å². The molecule has 0 spiro atoms. The van der Waals surface area contributed by atoms with Gasteiger partial charge in [-0.25, -0.2) is 4.39 Å². The van der Waals surface area contributed by atoms with Crippen molar-refractivity contribution in [2.24, 2.45) is 5.92 Å². The fourth-order valence-corrected chi connectivity index (χ4v) is 2.70. The third kappa shape index (κ3) is 2.71. The van der Waals surface area contributed by atoms with E-state index in [1.807, 2.05) is 28.7 Å². The van der Waals surface area contributed by atoms with Crippen LogP contribution >= 0.6 is 22.6 Å². The lowest BCUT2D eigenvalue weighted by molar-refractivity contribution is 0.347. The lowest BCUT2D eigenvalue weighted by Crippen LogP contribution is -2.11. The van der Waals surface area contributed by atoms with Gasteiger partial charge < -0.3 is 0 Å². The third-order valence-electron chi connectivity index (χ3n) is 3.43. The molecule has 0 aromatic heterocycles. The van der Waals surface area contributed by atoms with Gasteiger partial charge in [-0.3, -0.25) is 0 Å². The summed E-state index contributed by atoms with van der Waals surface area (Å²) in [5.41, 5.74) is 1.19. The smallest absolute Gasteiger partial charge is 0.136 e. The van der Waals surface area contributed by atoms with E-state index in [-0.39, 0.29) is 5.82 Å². The normalized spacial score (nSPS) is 26.6. The van der Waals surface area contributed by atoms with Gasteiger partial charge in [-0.15, -0.1) is 0 Å². The maximum Gasteiger partial charge on any atom is 0.136 e. The van der Waals surface area contributed by atoms with Gasteiger partial charge in [0.25, 0.3) is 0 Å². The molecule has 0 atom stereocenters. The van der Waals surface area contributed by atoms with Crippen molar-refractivity contribution in [2.75, 3.05) is 0 Å². The van der Waals surface area contributed by atoms with E-state index in [2.05, 4.69) is 13.0 Å². The Labute approximate surface area is 104 Å². The summed E-state index contributed by atoms with van der Waals surface area (Å²) in [6, 6.07) is 5.71. The monoisotopic (exact) mass is 318 g/mol. The highest BCUT2D eigenvalue weighted by molar-refractivity contribution is 14.1. The quantitative estimate of drug-likeness (QED) is 0.657. The van der Waals surface area contributed by atoms with Crippen LogP contribution in [0.15, 0.2) is 18.2 Å². The van der Waals surface area contributed by atoms with E-state index >= 15 is 0 Å². The summed E-state index contributed by atoms with van der Waals surface area (Å²) in [4.78, 5) is 0. The van der Waals surface area contributed by atoms with Crippen molar-refractivity contribution in [3.63, 3.8) is 0 Å². The largest absolute Gasteiger partial charge is 0.206 e. The molecule has 1 aromatic rings. The van der Waals surface area contributed by atoms with Gasteiger partial charge in [0.05, 0.1) is 0 Å². The zero-order chi connectivity index (χ0) is 10.8. The van der Waals surface area contributed by atoms with Gasteiger partial charge in [0.2, 0.25) is 0 Å². The standard InChI is InChI=1S/C13H16FI/c1-9-2-4-10(5-3-9)11-6-7-13(15)12(14)8-11/h6-10H,2-5H2,1H3. The first kappa shape index (κ1) is 11.4. The molecule has 0 bridgehead atoms. The molecule has 0 aliphatic heterocycles. The third-order valence-corrected chi connectivity index (χ3v) is 4.31. The van der Waals surface area contributed by atoms with Crippen LogP contribution in [0, 0.1) is 15.3 Å². The molecule has 1 saturated carbocycles. The van der Waals surface area contributed by atoms with Crippen molar-refractivity contribution in [3.8, 4) is 0 Å². The highest BCUT2D eigenvalue weighted by atomic mass is 127. The first-order chi connectivity index (χ1) is 7.16. The van der Waals surface area contributed by atoms with Crippen LogP contribution in [0.1, 0.15) is 44.1 Å². The Hall–Kier alpha value is -0.120. The molecule has 2 heteroatoms. The summed E-state index contributed by atoms with van der Waals surface area (Å²) in [6.45, 7) is 2.31. The van der Waals surface area contributed by atoms with E-state index in [0.717, 1.165) is 9.49 Å². The second-order valence-electron chi connectivity index (χ2n) is 4.63. The molecule has 1 aliphatic carbocycles. The Morgan fingerprint density at radius 2 is 1.87 bits per heavy atom. The summed E-state index contributed by atoms with van der Waals surface area (Å²) < 4.78 is 14.1. The van der Waals surface area contributed by atoms with Crippen molar-refractivity contribution in [1.29, 1.82) is 0 Å². The SMILES string of the molecule is CC1CCC(c2ccc(I)c(F)c2)CC1. The second-order valence-corrected chi connectivity index (χ2v) is 5.79. The molecule has 0 N–H and O–H groups in total. The summed E-state index contributed by atoms with van der Waals surface area (Å²) in [6.07, 6.45) is 5.03. The minimum absolute atomic E-state index is 0.0632. The predicted molar refractivity (Wildman–Crippen MR) is 69.5 cm³/mol. The average molecular weight is 318 g/mol. The minimum Gasteiger partial charge on any atom is -0.206 e. The molecular weight excluding hydrogens is 302 g/mol. The Kier molecular flexibility index (Phi) is 3.65. The first-order valence-corrected chi connectivity index (χ1v) is 6.69. The van der Waals surface area contributed by atoms with Crippen molar-refractivity contribution in [3.05, 3.63) is 33.1 Å². The van der Waals surface area contributed by atoms with Gasteiger partial charge in [-0.1, -0.05) is 25.8 Å². The highest BCUT2D eigenvalue weighted by Crippen LogP contribution is 2.35. The molecule has 15 heavy (non-hydrogen) atoms. The number of benzene rings is 1. The van der Waals surface area contributed by atoms with Gasteiger partial charge in [0.15, 0.2) is 0 Å². The maximum atomic E-state index is 13.4. The number of hydrogen-bond donors (Lipinski definition) is 0. The Morgan fingerprint density at radius 3 is 2.47 bits per heavy atom. The average Bonchev–Trinajstić information content (AvgIpc) is 2.23. The number of hydrogen-bond acceptors (Lipinski definition) is 0. The van der Waals surface area contributed by atoms with Crippen LogP contribution < -0.4 is 0 Å². The van der Waals surface area contributed by atoms with Crippen LogP contribution in [0.3, 0.4) is 0 Å². The van der Waals surface area contributed by atoms with E-state index in [1.54, 1.807) is 6.07 Å². The van der Waals surface area contributed by atoms with Crippen LogP contribution in [-0.4, -0.2) is 0 Å². The minimum atomic E-state index is -0.0632. The molecule has 0 amide bonds. The Balaban J connectivity index is 2.12. The molecule has 0 heterocycles. The maximum absolute atomic E-state index is 13.4. The summed E-state index contributed by atoms with van der Waals surface area (Å²) in [7, 11) is 0. The van der Waals surface area contributed by atoms with Gasteiger partial charge in [0, 0.05) is 3.57 Å². The van der Waals surface area contributed by atoms with Crippen LogP contribution in [0.5, 0.6) is 0 Å². The number of rotatable bonds is 1. The molecule has 1 fully saturated rings. The molecule has 0 saturated heterocycles. The molecule has 0 radical (unpaired) electrons. The summed E-state index contributed by atoms with van der Waals surface area (Å²) in [5, 5.41) is 0. The van der Waals surface area contributed by atoms with Crippen LogP contribution in [-0.2, 0) is 0 Å².